The second-order valence-corrected chi connectivity index (χ2v) is 19.4. The van der Waals surface area contributed by atoms with E-state index in [1.165, 1.54) is 154 Å². The minimum absolute atomic E-state index is 0.0862. The maximum absolute atomic E-state index is 12.9. The first-order valence-electron chi connectivity index (χ1n) is 29.2. The molecule has 6 nitrogen and oxygen atoms in total. The second-order valence-electron chi connectivity index (χ2n) is 19.4. The molecule has 0 aromatic carbocycles. The third-order valence-corrected chi connectivity index (χ3v) is 12.5. The van der Waals surface area contributed by atoms with Crippen molar-refractivity contribution in [3.05, 3.63) is 85.1 Å². The summed E-state index contributed by atoms with van der Waals surface area (Å²) in [7, 11) is 0. The van der Waals surface area contributed by atoms with Crippen LogP contribution in [0.1, 0.15) is 278 Å². The number of carbonyl (C=O) groups excluding carboxylic acids is 3. The Morgan fingerprint density at radius 2 is 0.551 bits per heavy atom. The zero-order chi connectivity index (χ0) is 50.0. The molecule has 1 unspecified atom stereocenters. The Kier molecular flexibility index (Phi) is 54.3. The molecular weight excluding hydrogens is 853 g/mol. The Balaban J connectivity index is 4.42. The van der Waals surface area contributed by atoms with E-state index in [1.54, 1.807) is 0 Å². The predicted octanol–water partition coefficient (Wildman–Crippen LogP) is 19.5. The third-order valence-electron chi connectivity index (χ3n) is 12.5. The predicted molar refractivity (Wildman–Crippen MR) is 297 cm³/mol. The van der Waals surface area contributed by atoms with Crippen LogP contribution in [0.2, 0.25) is 0 Å². The molecule has 0 rings (SSSR count). The standard InChI is InChI=1S/C63H108O6/c1-4-7-10-13-16-19-22-25-28-30-32-34-35-38-41-44-47-50-53-56-62(65)68-59-60(58-67-61(64)55-52-49-46-43-40-37-27-24-21-18-15-12-9-6-3)69-63(66)57-54-51-48-45-42-39-36-33-31-29-26-23-20-17-14-11-8-5-2/h11,14,16-17,19-20,22-23,25-26,29,31,33,36,60H,4-10,12-13,15,18,21,24,27-28,30,32,34-35,37-59H2,1-3H3/b14-11-,19-16-,20-17-,25-22-,26-23-,31-29-,36-33-. The van der Waals surface area contributed by atoms with Crippen LogP contribution in [0.25, 0.3) is 0 Å². The molecule has 0 radical (unpaired) electrons. The SMILES string of the molecule is CCC\C=C/C=C\C=C/C=C\C=C/CCCCCCCC(=O)OC(COC(=O)CCCCCCCCCCCC/C=C\C=C/CCCCC)COC(=O)CCCCCCCCCCCCCCCC. The molecule has 0 saturated carbocycles. The lowest BCUT2D eigenvalue weighted by atomic mass is 10.0. The first-order chi connectivity index (χ1) is 34.0. The quantitative estimate of drug-likeness (QED) is 0.0262. The summed E-state index contributed by atoms with van der Waals surface area (Å²) in [5.74, 6) is -0.906. The third kappa shape index (κ3) is 55.4. The summed E-state index contributed by atoms with van der Waals surface area (Å²) in [6, 6.07) is 0. The number of allylic oxidation sites excluding steroid dienone is 14. The smallest absolute Gasteiger partial charge is 0.306 e. The van der Waals surface area contributed by atoms with Crippen molar-refractivity contribution in [3.63, 3.8) is 0 Å². The number of ether oxygens (including phenoxy) is 3. The van der Waals surface area contributed by atoms with E-state index in [2.05, 4.69) is 81.5 Å². The van der Waals surface area contributed by atoms with Gasteiger partial charge in [-0.15, -0.1) is 0 Å². The maximum Gasteiger partial charge on any atom is 0.306 e. The van der Waals surface area contributed by atoms with Crippen LogP contribution in [0.5, 0.6) is 0 Å². The zero-order valence-electron chi connectivity index (χ0n) is 45.3. The van der Waals surface area contributed by atoms with Crippen molar-refractivity contribution in [1.29, 1.82) is 0 Å². The van der Waals surface area contributed by atoms with Gasteiger partial charge in [-0.3, -0.25) is 14.4 Å². The fraction of sp³-hybridized carbons (Fsp3) is 0.730. The summed E-state index contributed by atoms with van der Waals surface area (Å²) in [4.78, 5) is 38.2. The van der Waals surface area contributed by atoms with Gasteiger partial charge >= 0.3 is 17.9 Å². The average molecular weight is 962 g/mol. The minimum atomic E-state index is -0.791. The highest BCUT2D eigenvalue weighted by atomic mass is 16.6. The number of esters is 3. The van der Waals surface area contributed by atoms with Gasteiger partial charge in [0.05, 0.1) is 0 Å². The van der Waals surface area contributed by atoms with Gasteiger partial charge in [0, 0.05) is 19.3 Å². The largest absolute Gasteiger partial charge is 0.462 e. The number of hydrogen-bond acceptors (Lipinski definition) is 6. The molecule has 0 heterocycles. The molecule has 396 valence electrons. The van der Waals surface area contributed by atoms with E-state index in [0.717, 1.165) is 83.5 Å². The van der Waals surface area contributed by atoms with Crippen molar-refractivity contribution in [3.8, 4) is 0 Å². The summed E-state index contributed by atoms with van der Waals surface area (Å²) >= 11 is 0. The van der Waals surface area contributed by atoms with E-state index < -0.39 is 6.10 Å². The van der Waals surface area contributed by atoms with E-state index in [-0.39, 0.29) is 31.1 Å². The van der Waals surface area contributed by atoms with Crippen LogP contribution in [0.3, 0.4) is 0 Å². The molecule has 0 amide bonds. The molecule has 0 aliphatic rings. The minimum Gasteiger partial charge on any atom is -0.462 e. The van der Waals surface area contributed by atoms with Gasteiger partial charge in [0.25, 0.3) is 0 Å². The van der Waals surface area contributed by atoms with Crippen molar-refractivity contribution in [2.24, 2.45) is 0 Å². The first kappa shape index (κ1) is 65.6. The molecule has 0 bridgehead atoms. The summed E-state index contributed by atoms with van der Waals surface area (Å²) in [5, 5.41) is 0. The molecule has 0 saturated heterocycles. The zero-order valence-corrected chi connectivity index (χ0v) is 45.3. The van der Waals surface area contributed by atoms with Crippen LogP contribution in [0.15, 0.2) is 85.1 Å². The molecule has 1 atom stereocenters. The van der Waals surface area contributed by atoms with E-state index in [4.69, 9.17) is 14.2 Å². The molecular formula is C63H108O6. The molecule has 0 N–H and O–H groups in total. The normalized spacial score (nSPS) is 12.7. The Morgan fingerprint density at radius 1 is 0.290 bits per heavy atom. The lowest BCUT2D eigenvalue weighted by Gasteiger charge is -2.18. The van der Waals surface area contributed by atoms with Gasteiger partial charge in [0.1, 0.15) is 13.2 Å². The molecule has 0 aromatic rings. The number of hydrogen-bond donors (Lipinski definition) is 0. The van der Waals surface area contributed by atoms with Crippen molar-refractivity contribution < 1.29 is 28.6 Å². The van der Waals surface area contributed by atoms with Crippen LogP contribution < -0.4 is 0 Å². The van der Waals surface area contributed by atoms with Gasteiger partial charge in [0.15, 0.2) is 6.10 Å². The molecule has 0 aromatic heterocycles. The van der Waals surface area contributed by atoms with Gasteiger partial charge < -0.3 is 14.2 Å². The highest BCUT2D eigenvalue weighted by Gasteiger charge is 2.19. The van der Waals surface area contributed by atoms with Crippen molar-refractivity contribution in [2.75, 3.05) is 13.2 Å². The van der Waals surface area contributed by atoms with Crippen LogP contribution in [-0.2, 0) is 28.6 Å². The van der Waals surface area contributed by atoms with Gasteiger partial charge in [-0.2, -0.15) is 0 Å². The van der Waals surface area contributed by atoms with E-state index >= 15 is 0 Å². The Bertz CT molecular complexity index is 1330. The van der Waals surface area contributed by atoms with Crippen LogP contribution >= 0.6 is 0 Å². The molecule has 0 aliphatic heterocycles. The van der Waals surface area contributed by atoms with E-state index in [1.807, 2.05) is 24.3 Å². The fourth-order valence-electron chi connectivity index (χ4n) is 8.11. The summed E-state index contributed by atoms with van der Waals surface area (Å²) in [6.07, 6.45) is 74.2. The average Bonchev–Trinajstić information content (AvgIpc) is 3.35. The lowest BCUT2D eigenvalue weighted by molar-refractivity contribution is -0.167. The monoisotopic (exact) mass is 961 g/mol. The second kappa shape index (κ2) is 57.2. The molecule has 0 aliphatic carbocycles. The molecule has 0 fully saturated rings. The summed E-state index contributed by atoms with van der Waals surface area (Å²) < 4.78 is 16.9. The topological polar surface area (TPSA) is 78.9 Å². The number of carbonyl (C=O) groups is 3. The van der Waals surface area contributed by atoms with Crippen LogP contribution in [0.4, 0.5) is 0 Å². The van der Waals surface area contributed by atoms with E-state index in [0.29, 0.717) is 19.3 Å². The number of rotatable bonds is 52. The molecule has 69 heavy (non-hydrogen) atoms. The Morgan fingerprint density at radius 3 is 0.913 bits per heavy atom. The van der Waals surface area contributed by atoms with Crippen LogP contribution in [0, 0.1) is 0 Å². The van der Waals surface area contributed by atoms with Gasteiger partial charge in [-0.25, -0.2) is 0 Å². The van der Waals surface area contributed by atoms with Crippen molar-refractivity contribution in [1.82, 2.24) is 0 Å². The number of unbranched alkanes of at least 4 members (excludes halogenated alkanes) is 32. The fourth-order valence-corrected chi connectivity index (χ4v) is 8.11. The van der Waals surface area contributed by atoms with Gasteiger partial charge in [0.2, 0.25) is 0 Å². The van der Waals surface area contributed by atoms with Crippen LogP contribution in [-0.4, -0.2) is 37.2 Å². The van der Waals surface area contributed by atoms with Crippen molar-refractivity contribution in [2.45, 2.75) is 284 Å². The highest BCUT2D eigenvalue weighted by molar-refractivity contribution is 5.71. The van der Waals surface area contributed by atoms with Crippen molar-refractivity contribution >= 4 is 17.9 Å². The van der Waals surface area contributed by atoms with E-state index in [9.17, 15) is 14.4 Å². The molecule has 6 heteroatoms. The molecule has 0 spiro atoms. The maximum atomic E-state index is 12.9. The Hall–Kier alpha value is -3.41. The van der Waals surface area contributed by atoms with Gasteiger partial charge in [-0.05, 0) is 64.2 Å². The van der Waals surface area contributed by atoms with Gasteiger partial charge in [-0.1, -0.05) is 279 Å². The Labute approximate surface area is 426 Å². The highest BCUT2D eigenvalue weighted by Crippen LogP contribution is 2.16. The summed E-state index contributed by atoms with van der Waals surface area (Å²) in [5.41, 5.74) is 0. The first-order valence-corrected chi connectivity index (χ1v) is 29.2. The summed E-state index contributed by atoms with van der Waals surface area (Å²) in [6.45, 7) is 6.52. The lowest BCUT2D eigenvalue weighted by Crippen LogP contribution is -2.30.